The van der Waals surface area contributed by atoms with Gasteiger partial charge in [0.1, 0.15) is 0 Å². The largest absolute Gasteiger partial charge is 0.308 e. The van der Waals surface area contributed by atoms with Gasteiger partial charge in [0.2, 0.25) is 0 Å². The summed E-state index contributed by atoms with van der Waals surface area (Å²) >= 11 is 0. The fourth-order valence-electron chi connectivity index (χ4n) is 9.91. The van der Waals surface area contributed by atoms with Gasteiger partial charge in [-0.25, -0.2) is 19.9 Å². The Hall–Kier alpha value is -11.6. The molecule has 0 N–H and O–H groups in total. The quantitative estimate of drug-likeness (QED) is 0.136. The highest BCUT2D eigenvalue weighted by atomic mass is 15.0. The van der Waals surface area contributed by atoms with E-state index in [9.17, 15) is 26.3 Å². The Morgan fingerprint density at radius 3 is 0.870 bits per heavy atom. The molecule has 354 valence electrons. The maximum Gasteiger partial charge on any atom is 0.162 e. The lowest BCUT2D eigenvalue weighted by molar-refractivity contribution is 1.12. The SMILES string of the molecule is N#Cc1cc(C#N)cc(-c2ccc3c4ccc(-c5cc(C#N)cc(C#N)c5)cc4n(-c4c(-c5nc(-c6ccccc6)cc(-c6ccccc6)n5)cc(C#N)cc4-c4nc(-c5ccccc5)cc(-c5ccccc5)n4)c3c2)c1. The van der Waals surface area contributed by atoms with Crippen molar-refractivity contribution in [2.45, 2.75) is 0 Å². The molecule has 0 atom stereocenters. The fourth-order valence-corrected chi connectivity index (χ4v) is 9.91. The molecule has 9 aromatic carbocycles. The predicted octanol–water partition coefficient (Wildman–Crippen LogP) is 15.1. The van der Waals surface area contributed by atoms with E-state index >= 15 is 0 Å². The highest BCUT2D eigenvalue weighted by Crippen LogP contribution is 2.44. The third-order valence-electron chi connectivity index (χ3n) is 13.5. The van der Waals surface area contributed by atoms with Crippen molar-refractivity contribution < 1.29 is 0 Å². The first-order valence-corrected chi connectivity index (χ1v) is 24.5. The molecule has 0 bridgehead atoms. The minimum absolute atomic E-state index is 0.306. The zero-order valence-corrected chi connectivity index (χ0v) is 40.8. The van der Waals surface area contributed by atoms with Crippen LogP contribution in [0.5, 0.6) is 0 Å². The number of aromatic nitrogens is 5. The summed E-state index contributed by atoms with van der Waals surface area (Å²) in [6.07, 6.45) is 0. The number of hydrogen-bond acceptors (Lipinski definition) is 9. The second-order valence-electron chi connectivity index (χ2n) is 18.3. The van der Waals surface area contributed by atoms with Gasteiger partial charge in [-0.2, -0.15) is 26.3 Å². The second kappa shape index (κ2) is 19.8. The Kier molecular flexibility index (Phi) is 11.9. The van der Waals surface area contributed by atoms with Crippen molar-refractivity contribution in [1.29, 1.82) is 26.3 Å². The smallest absolute Gasteiger partial charge is 0.162 e. The van der Waals surface area contributed by atoms with Crippen LogP contribution < -0.4 is 0 Å². The summed E-state index contributed by atoms with van der Waals surface area (Å²) < 4.78 is 2.13. The number of hydrogen-bond donors (Lipinski definition) is 0. The van der Waals surface area contributed by atoms with Crippen LogP contribution in [0.15, 0.2) is 218 Å². The van der Waals surface area contributed by atoms with Crippen LogP contribution >= 0.6 is 0 Å². The maximum atomic E-state index is 11.1. The minimum Gasteiger partial charge on any atom is -0.308 e. The van der Waals surface area contributed by atoms with E-state index in [-0.39, 0.29) is 0 Å². The van der Waals surface area contributed by atoms with E-state index in [1.165, 1.54) is 0 Å². The highest BCUT2D eigenvalue weighted by molar-refractivity contribution is 6.12. The van der Waals surface area contributed by atoms with Gasteiger partial charge in [0.15, 0.2) is 11.6 Å². The summed E-state index contributed by atoms with van der Waals surface area (Å²) in [7, 11) is 0. The van der Waals surface area contributed by atoms with Crippen LogP contribution in [0.1, 0.15) is 27.8 Å². The summed E-state index contributed by atoms with van der Waals surface area (Å²) in [5, 5.41) is 53.3. The van der Waals surface area contributed by atoms with Crippen molar-refractivity contribution in [2.75, 3.05) is 0 Å². The third-order valence-corrected chi connectivity index (χ3v) is 13.5. The van der Waals surface area contributed by atoms with Crippen molar-refractivity contribution in [1.82, 2.24) is 24.5 Å². The number of nitrogens with zero attached hydrogens (tertiary/aromatic N) is 10. The average molecular weight is 981 g/mol. The van der Waals surface area contributed by atoms with Crippen LogP contribution in [0.4, 0.5) is 0 Å². The summed E-state index contributed by atoms with van der Waals surface area (Å²) in [6, 6.07) is 80.7. The van der Waals surface area contributed by atoms with E-state index in [4.69, 9.17) is 19.9 Å². The number of rotatable bonds is 9. The predicted molar refractivity (Wildman–Crippen MR) is 299 cm³/mol. The van der Waals surface area contributed by atoms with Gasteiger partial charge in [0.05, 0.1) is 97.7 Å². The van der Waals surface area contributed by atoms with E-state index < -0.39 is 0 Å². The summed E-state index contributed by atoms with van der Waals surface area (Å²) in [5.74, 6) is 0.647. The van der Waals surface area contributed by atoms with Gasteiger partial charge >= 0.3 is 0 Å². The molecule has 77 heavy (non-hydrogen) atoms. The van der Waals surface area contributed by atoms with Crippen LogP contribution in [-0.2, 0) is 0 Å². The molecule has 0 fully saturated rings. The first-order chi connectivity index (χ1) is 37.9. The first-order valence-electron chi connectivity index (χ1n) is 24.5. The molecular formula is C67H36N10. The molecule has 0 unspecified atom stereocenters. The Morgan fingerprint density at radius 2 is 0.571 bits per heavy atom. The minimum atomic E-state index is 0.306. The van der Waals surface area contributed by atoms with Crippen LogP contribution in [0.2, 0.25) is 0 Å². The summed E-state index contributed by atoms with van der Waals surface area (Å²) in [6.45, 7) is 0. The van der Waals surface area contributed by atoms with E-state index in [0.29, 0.717) is 90.2 Å². The Balaban J connectivity index is 1.27. The number of benzene rings is 9. The van der Waals surface area contributed by atoms with Gasteiger partial charge in [-0.1, -0.05) is 146 Å². The standard InChI is InChI=1S/C67H36N10/c68-37-42-25-43(38-69)28-53(27-42)51-21-23-55-56-24-22-52(54-29-44(39-70)26-45(30-54)40-71)34-64(56)77(63(55)33-51)65-57(66-73-59(47-13-5-1-6-14-47)35-60(74-66)48-15-7-2-8-16-48)31-46(41-72)32-58(65)67-75-61(49-17-9-3-10-18-49)36-62(76-67)50-19-11-4-12-20-50/h1-36H. The molecule has 12 rings (SSSR count). The molecule has 0 aliphatic carbocycles. The van der Waals surface area contributed by atoms with Gasteiger partial charge in [-0.05, 0) is 95.1 Å². The zero-order valence-electron chi connectivity index (χ0n) is 40.8. The lowest BCUT2D eigenvalue weighted by atomic mass is 9.98. The Labute approximate surface area is 442 Å². The normalized spacial score (nSPS) is 10.8. The van der Waals surface area contributed by atoms with Gasteiger partial charge in [-0.15, -0.1) is 0 Å². The van der Waals surface area contributed by atoms with Crippen molar-refractivity contribution >= 4 is 21.8 Å². The van der Waals surface area contributed by atoms with Crippen molar-refractivity contribution in [2.24, 2.45) is 0 Å². The molecule has 0 aliphatic rings. The average Bonchev–Trinajstić information content (AvgIpc) is 4.07. The monoisotopic (exact) mass is 980 g/mol. The second-order valence-corrected chi connectivity index (χ2v) is 18.3. The molecule has 0 amide bonds. The topological polar surface area (TPSA) is 175 Å². The van der Waals surface area contributed by atoms with Gasteiger partial charge in [0, 0.05) is 44.2 Å². The third kappa shape index (κ3) is 8.84. The van der Waals surface area contributed by atoms with Gasteiger partial charge in [-0.3, -0.25) is 0 Å². The van der Waals surface area contributed by atoms with Crippen LogP contribution in [0.3, 0.4) is 0 Å². The Morgan fingerprint density at radius 1 is 0.273 bits per heavy atom. The van der Waals surface area contributed by atoms with Gasteiger partial charge in [0.25, 0.3) is 0 Å². The first kappa shape index (κ1) is 46.5. The lowest BCUT2D eigenvalue weighted by Crippen LogP contribution is -2.07. The number of fused-ring (bicyclic) bond motifs is 3. The molecule has 10 heteroatoms. The van der Waals surface area contributed by atoms with E-state index in [0.717, 1.165) is 55.2 Å². The lowest BCUT2D eigenvalue weighted by Gasteiger charge is -2.20. The molecule has 0 saturated heterocycles. The maximum absolute atomic E-state index is 11.1. The Bertz CT molecular complexity index is 4090. The van der Waals surface area contributed by atoms with E-state index in [1.807, 2.05) is 182 Å². The molecule has 0 saturated carbocycles. The van der Waals surface area contributed by atoms with Crippen LogP contribution in [-0.4, -0.2) is 24.5 Å². The fraction of sp³-hybridized carbons (Fsp3) is 0. The van der Waals surface area contributed by atoms with Crippen LogP contribution in [0, 0.1) is 56.7 Å². The molecular weight excluding hydrogens is 945 g/mol. The van der Waals surface area contributed by atoms with Gasteiger partial charge < -0.3 is 4.57 Å². The molecule has 3 aromatic heterocycles. The number of nitriles is 5. The molecule has 0 aliphatic heterocycles. The summed E-state index contributed by atoms with van der Waals surface area (Å²) in [5.41, 5.74) is 13.5. The van der Waals surface area contributed by atoms with Crippen molar-refractivity contribution in [3.63, 3.8) is 0 Å². The molecule has 10 nitrogen and oxygen atoms in total. The van der Waals surface area contributed by atoms with E-state index in [2.05, 4.69) is 34.9 Å². The van der Waals surface area contributed by atoms with Crippen molar-refractivity contribution in [3.8, 4) is 126 Å². The molecule has 12 aromatic rings. The highest BCUT2D eigenvalue weighted by Gasteiger charge is 2.27. The molecule has 0 radical (unpaired) electrons. The summed E-state index contributed by atoms with van der Waals surface area (Å²) in [4.78, 5) is 21.5. The molecule has 3 heterocycles. The van der Waals surface area contributed by atoms with Crippen molar-refractivity contribution in [3.05, 3.63) is 246 Å². The van der Waals surface area contributed by atoms with Crippen LogP contribution in [0.25, 0.3) is 118 Å². The van der Waals surface area contributed by atoms with E-state index in [1.54, 1.807) is 36.4 Å². The zero-order chi connectivity index (χ0) is 52.4. The molecule has 0 spiro atoms.